The summed E-state index contributed by atoms with van der Waals surface area (Å²) in [5.74, 6) is 0.489. The number of carbonyl (C=O) groups excluding carboxylic acids is 1. The molecule has 0 saturated heterocycles. The second-order valence-electron chi connectivity index (χ2n) is 4.05. The third-order valence-corrected chi connectivity index (χ3v) is 2.89. The lowest BCUT2D eigenvalue weighted by molar-refractivity contribution is 0.0497. The van der Waals surface area contributed by atoms with Gasteiger partial charge in [-0.15, -0.1) is 11.6 Å². The van der Waals surface area contributed by atoms with Gasteiger partial charge in [-0.1, -0.05) is 31.0 Å². The van der Waals surface area contributed by atoms with E-state index in [9.17, 15) is 4.79 Å². The lowest BCUT2D eigenvalue weighted by Crippen LogP contribution is -2.08. The Kier molecular flexibility index (Phi) is 6.71. The van der Waals surface area contributed by atoms with Gasteiger partial charge in [0.25, 0.3) is 0 Å². The average Bonchev–Trinajstić information content (AvgIpc) is 2.34. The first-order chi connectivity index (χ1) is 8.25. The number of alkyl halides is 1. The fourth-order valence-corrected chi connectivity index (χ4v) is 1.78. The minimum atomic E-state index is -0.222. The molecular weight excluding hydrogens is 236 g/mol. The van der Waals surface area contributed by atoms with Gasteiger partial charge in [0, 0.05) is 5.88 Å². The summed E-state index contributed by atoms with van der Waals surface area (Å²) in [5.41, 5.74) is 1.62. The third-order valence-electron chi connectivity index (χ3n) is 2.63. The van der Waals surface area contributed by atoms with Crippen molar-refractivity contribution in [3.63, 3.8) is 0 Å². The number of rotatable bonds is 7. The molecule has 0 aliphatic carbocycles. The van der Waals surface area contributed by atoms with Crippen LogP contribution in [0.25, 0.3) is 0 Å². The van der Waals surface area contributed by atoms with Gasteiger partial charge in [-0.05, 0) is 31.4 Å². The molecule has 0 atom stereocenters. The van der Waals surface area contributed by atoms with Crippen LogP contribution >= 0.6 is 11.6 Å². The summed E-state index contributed by atoms with van der Waals surface area (Å²) in [7, 11) is 0. The van der Waals surface area contributed by atoms with Crippen molar-refractivity contribution in [3.05, 3.63) is 35.4 Å². The molecule has 0 bridgehead atoms. The summed E-state index contributed by atoms with van der Waals surface area (Å²) in [4.78, 5) is 11.7. The molecule has 1 aromatic carbocycles. The number of ether oxygens (including phenoxy) is 1. The number of benzene rings is 1. The summed E-state index contributed by atoms with van der Waals surface area (Å²) in [6, 6.07) is 7.48. The number of esters is 1. The van der Waals surface area contributed by atoms with Crippen LogP contribution in [0, 0.1) is 6.92 Å². The van der Waals surface area contributed by atoms with E-state index in [-0.39, 0.29) is 5.97 Å². The highest BCUT2D eigenvalue weighted by Gasteiger charge is 2.08. The second-order valence-corrected chi connectivity index (χ2v) is 4.43. The maximum Gasteiger partial charge on any atom is 0.338 e. The molecule has 0 spiro atoms. The Bertz CT molecular complexity index is 350. The van der Waals surface area contributed by atoms with Gasteiger partial charge in [-0.25, -0.2) is 4.79 Å². The van der Waals surface area contributed by atoms with Crippen LogP contribution in [0.1, 0.15) is 41.6 Å². The Morgan fingerprint density at radius 2 is 1.88 bits per heavy atom. The van der Waals surface area contributed by atoms with E-state index in [1.807, 2.05) is 25.1 Å². The monoisotopic (exact) mass is 254 g/mol. The first-order valence-electron chi connectivity index (χ1n) is 6.04. The molecule has 17 heavy (non-hydrogen) atoms. The molecule has 3 heteroatoms. The average molecular weight is 255 g/mol. The minimum Gasteiger partial charge on any atom is -0.462 e. The topological polar surface area (TPSA) is 26.3 Å². The van der Waals surface area contributed by atoms with Crippen molar-refractivity contribution in [1.82, 2.24) is 0 Å². The Labute approximate surface area is 108 Å². The van der Waals surface area contributed by atoms with Gasteiger partial charge in [0.2, 0.25) is 0 Å². The second kappa shape index (κ2) is 8.13. The van der Waals surface area contributed by atoms with Crippen molar-refractivity contribution in [2.24, 2.45) is 0 Å². The van der Waals surface area contributed by atoms with Crippen molar-refractivity contribution in [1.29, 1.82) is 0 Å². The van der Waals surface area contributed by atoms with Gasteiger partial charge in [-0.3, -0.25) is 0 Å². The van der Waals surface area contributed by atoms with Crippen LogP contribution in [0.4, 0.5) is 0 Å². The molecule has 94 valence electrons. The molecule has 0 aliphatic rings. The lowest BCUT2D eigenvalue weighted by Gasteiger charge is -2.06. The molecular formula is C14H19ClO2. The molecule has 0 aliphatic heterocycles. The Balaban J connectivity index is 2.24. The quantitative estimate of drug-likeness (QED) is 0.418. The molecule has 1 rings (SSSR count). The van der Waals surface area contributed by atoms with Gasteiger partial charge in [0.1, 0.15) is 0 Å². The fraction of sp³-hybridized carbons (Fsp3) is 0.500. The molecule has 0 fully saturated rings. The van der Waals surface area contributed by atoms with E-state index in [2.05, 4.69) is 0 Å². The van der Waals surface area contributed by atoms with Crippen molar-refractivity contribution in [2.45, 2.75) is 32.6 Å². The van der Waals surface area contributed by atoms with Crippen LogP contribution in [0.5, 0.6) is 0 Å². The fourth-order valence-electron chi connectivity index (χ4n) is 1.59. The highest BCUT2D eigenvalue weighted by atomic mass is 35.5. The maximum absolute atomic E-state index is 11.7. The van der Waals surface area contributed by atoms with Gasteiger partial charge < -0.3 is 4.74 Å². The number of halogens is 1. The maximum atomic E-state index is 11.7. The summed E-state index contributed by atoms with van der Waals surface area (Å²) >= 11 is 5.58. The number of hydrogen-bond donors (Lipinski definition) is 0. The molecule has 0 radical (unpaired) electrons. The smallest absolute Gasteiger partial charge is 0.338 e. The zero-order valence-corrected chi connectivity index (χ0v) is 11.0. The van der Waals surface area contributed by atoms with E-state index in [0.717, 1.165) is 31.2 Å². The number of unbranched alkanes of at least 4 members (excludes halogenated alkanes) is 3. The van der Waals surface area contributed by atoms with Crippen molar-refractivity contribution in [3.8, 4) is 0 Å². The van der Waals surface area contributed by atoms with Crippen molar-refractivity contribution >= 4 is 17.6 Å². The zero-order valence-electron chi connectivity index (χ0n) is 10.2. The van der Waals surface area contributed by atoms with E-state index in [4.69, 9.17) is 16.3 Å². The standard InChI is InChI=1S/C14H19ClO2/c1-12-8-4-5-9-13(12)14(16)17-11-7-3-2-6-10-15/h4-5,8-9H,2-3,6-7,10-11H2,1H3. The van der Waals surface area contributed by atoms with Crippen LogP contribution in [-0.2, 0) is 4.74 Å². The van der Waals surface area contributed by atoms with Crippen molar-refractivity contribution in [2.75, 3.05) is 12.5 Å². The molecule has 0 heterocycles. The van der Waals surface area contributed by atoms with E-state index in [1.54, 1.807) is 6.07 Å². The molecule has 2 nitrogen and oxygen atoms in total. The summed E-state index contributed by atoms with van der Waals surface area (Å²) < 4.78 is 5.22. The minimum absolute atomic E-state index is 0.222. The molecule has 0 aromatic heterocycles. The first kappa shape index (κ1) is 14.0. The summed E-state index contributed by atoms with van der Waals surface area (Å²) in [6.07, 6.45) is 4.11. The van der Waals surface area contributed by atoms with Crippen LogP contribution < -0.4 is 0 Å². The lowest BCUT2D eigenvalue weighted by atomic mass is 10.1. The summed E-state index contributed by atoms with van der Waals surface area (Å²) in [5, 5.41) is 0. The molecule has 0 unspecified atom stereocenters. The third kappa shape index (κ3) is 5.22. The normalized spacial score (nSPS) is 10.2. The highest BCUT2D eigenvalue weighted by Crippen LogP contribution is 2.09. The first-order valence-corrected chi connectivity index (χ1v) is 6.58. The zero-order chi connectivity index (χ0) is 12.5. The van der Waals surface area contributed by atoms with Crippen LogP contribution in [0.15, 0.2) is 24.3 Å². The highest BCUT2D eigenvalue weighted by molar-refractivity contribution is 6.17. The van der Waals surface area contributed by atoms with Crippen LogP contribution in [0.3, 0.4) is 0 Å². The molecule has 0 saturated carbocycles. The summed E-state index contributed by atoms with van der Waals surface area (Å²) in [6.45, 7) is 2.41. The molecule has 0 N–H and O–H groups in total. The van der Waals surface area contributed by atoms with Crippen LogP contribution in [-0.4, -0.2) is 18.5 Å². The Morgan fingerprint density at radius 1 is 1.18 bits per heavy atom. The van der Waals surface area contributed by atoms with E-state index < -0.39 is 0 Å². The number of carbonyl (C=O) groups is 1. The van der Waals surface area contributed by atoms with Crippen molar-refractivity contribution < 1.29 is 9.53 Å². The van der Waals surface area contributed by atoms with Gasteiger partial charge in [0.05, 0.1) is 12.2 Å². The number of aryl methyl sites for hydroxylation is 1. The van der Waals surface area contributed by atoms with Crippen LogP contribution in [0.2, 0.25) is 0 Å². The Morgan fingerprint density at radius 3 is 2.59 bits per heavy atom. The molecule has 0 amide bonds. The van der Waals surface area contributed by atoms with Gasteiger partial charge in [0.15, 0.2) is 0 Å². The van der Waals surface area contributed by atoms with E-state index in [0.29, 0.717) is 18.1 Å². The van der Waals surface area contributed by atoms with Gasteiger partial charge in [-0.2, -0.15) is 0 Å². The predicted octanol–water partition coefficient (Wildman–Crippen LogP) is 3.95. The van der Waals surface area contributed by atoms with E-state index >= 15 is 0 Å². The Hall–Kier alpha value is -1.02. The van der Waals surface area contributed by atoms with E-state index in [1.165, 1.54) is 0 Å². The van der Waals surface area contributed by atoms with Gasteiger partial charge >= 0.3 is 5.97 Å². The predicted molar refractivity (Wildman–Crippen MR) is 70.6 cm³/mol. The number of hydrogen-bond acceptors (Lipinski definition) is 2. The largest absolute Gasteiger partial charge is 0.462 e. The molecule has 1 aromatic rings. The SMILES string of the molecule is Cc1ccccc1C(=O)OCCCCCCCl.